The number of hydrogen-bond donors (Lipinski definition) is 0. The Hall–Kier alpha value is -1.06. The average molecular weight is 338 g/mol. The third-order valence-corrected chi connectivity index (χ3v) is 4.96. The summed E-state index contributed by atoms with van der Waals surface area (Å²) in [6.45, 7) is 5.84. The maximum atomic E-state index is 12.5. The molecule has 0 N–H and O–H groups in total. The van der Waals surface area contributed by atoms with Crippen molar-refractivity contribution in [3.63, 3.8) is 0 Å². The van der Waals surface area contributed by atoms with Gasteiger partial charge in [-0.2, -0.15) is 0 Å². The Kier molecular flexibility index (Phi) is 6.49. The maximum absolute atomic E-state index is 12.5. The normalized spacial score (nSPS) is 18.7. The molecule has 2 rings (SSSR count). The highest BCUT2D eigenvalue weighted by Crippen LogP contribution is 2.28. The molecule has 0 aliphatic carbocycles. The first kappa shape index (κ1) is 18.3. The van der Waals surface area contributed by atoms with E-state index in [2.05, 4.69) is 13.8 Å². The third-order valence-electron chi connectivity index (χ3n) is 4.71. The fraction of sp³-hybridized carbons (Fsp3) is 0.632. The highest BCUT2D eigenvalue weighted by Gasteiger charge is 2.26. The van der Waals surface area contributed by atoms with E-state index in [1.807, 2.05) is 36.2 Å². The van der Waals surface area contributed by atoms with Gasteiger partial charge in [-0.15, -0.1) is 0 Å². The first-order valence-electron chi connectivity index (χ1n) is 8.50. The summed E-state index contributed by atoms with van der Waals surface area (Å²) < 4.78 is 5.74. The molecular formula is C19H28ClNO2. The first-order chi connectivity index (χ1) is 10.9. The minimum atomic E-state index is -0.197. The van der Waals surface area contributed by atoms with Gasteiger partial charge in [0, 0.05) is 31.6 Å². The van der Waals surface area contributed by atoms with Crippen molar-refractivity contribution in [3.8, 4) is 0 Å². The van der Waals surface area contributed by atoms with E-state index < -0.39 is 0 Å². The SMILES string of the molecule is CN(CCC1CCCCO1)C(=O)CC(C)(C)c1ccc(Cl)cc1. The molecule has 1 aromatic rings. The molecule has 1 aliphatic heterocycles. The summed E-state index contributed by atoms with van der Waals surface area (Å²) in [7, 11) is 1.89. The van der Waals surface area contributed by atoms with Crippen LogP contribution in [0.25, 0.3) is 0 Å². The van der Waals surface area contributed by atoms with Gasteiger partial charge in [0.05, 0.1) is 6.10 Å². The molecule has 0 bridgehead atoms. The topological polar surface area (TPSA) is 29.5 Å². The molecule has 0 saturated carbocycles. The van der Waals surface area contributed by atoms with Crippen LogP contribution in [-0.4, -0.2) is 37.1 Å². The van der Waals surface area contributed by atoms with Crippen LogP contribution in [0.2, 0.25) is 5.02 Å². The van der Waals surface area contributed by atoms with Crippen LogP contribution in [-0.2, 0) is 14.9 Å². The molecule has 1 aromatic carbocycles. The van der Waals surface area contributed by atoms with E-state index in [4.69, 9.17) is 16.3 Å². The average Bonchev–Trinajstić information content (AvgIpc) is 2.53. The molecule has 0 aromatic heterocycles. The molecule has 1 saturated heterocycles. The summed E-state index contributed by atoms with van der Waals surface area (Å²) in [5.41, 5.74) is 0.941. The maximum Gasteiger partial charge on any atom is 0.223 e. The van der Waals surface area contributed by atoms with E-state index in [0.29, 0.717) is 12.5 Å². The molecule has 1 atom stereocenters. The Balaban J connectivity index is 1.85. The third kappa shape index (κ3) is 5.50. The summed E-state index contributed by atoms with van der Waals surface area (Å²) in [6, 6.07) is 7.78. The number of nitrogens with zero attached hydrogens (tertiary/aromatic N) is 1. The summed E-state index contributed by atoms with van der Waals surface area (Å²) in [5, 5.41) is 0.723. The van der Waals surface area contributed by atoms with Crippen LogP contribution >= 0.6 is 11.6 Å². The summed E-state index contributed by atoms with van der Waals surface area (Å²) in [5.74, 6) is 0.181. The molecule has 3 nitrogen and oxygen atoms in total. The van der Waals surface area contributed by atoms with Crippen molar-refractivity contribution in [2.24, 2.45) is 0 Å². The Morgan fingerprint density at radius 3 is 2.61 bits per heavy atom. The summed E-state index contributed by atoms with van der Waals surface area (Å²) in [6.07, 6.45) is 5.29. The fourth-order valence-corrected chi connectivity index (χ4v) is 3.14. The zero-order chi connectivity index (χ0) is 16.9. The van der Waals surface area contributed by atoms with Crippen molar-refractivity contribution < 1.29 is 9.53 Å². The van der Waals surface area contributed by atoms with Crippen molar-refractivity contribution in [1.29, 1.82) is 0 Å². The van der Waals surface area contributed by atoms with Gasteiger partial charge >= 0.3 is 0 Å². The van der Waals surface area contributed by atoms with Crippen LogP contribution in [0.3, 0.4) is 0 Å². The molecule has 1 unspecified atom stereocenters. The standard InChI is InChI=1S/C19H28ClNO2/c1-19(2,15-7-9-16(20)10-8-15)14-18(22)21(3)12-11-17-6-4-5-13-23-17/h7-10,17H,4-6,11-14H2,1-3H3. The van der Waals surface area contributed by atoms with E-state index in [0.717, 1.165) is 36.6 Å². The van der Waals surface area contributed by atoms with Gasteiger partial charge in [-0.3, -0.25) is 4.79 Å². The van der Waals surface area contributed by atoms with Crippen LogP contribution in [0.1, 0.15) is 51.5 Å². The van der Waals surface area contributed by atoms with E-state index in [1.54, 1.807) is 0 Å². The lowest BCUT2D eigenvalue weighted by molar-refractivity contribution is -0.131. The number of benzene rings is 1. The van der Waals surface area contributed by atoms with Crippen LogP contribution in [0.15, 0.2) is 24.3 Å². The van der Waals surface area contributed by atoms with Crippen molar-refractivity contribution in [3.05, 3.63) is 34.9 Å². The molecule has 1 heterocycles. The van der Waals surface area contributed by atoms with Gasteiger partial charge in [0.15, 0.2) is 0 Å². The number of rotatable bonds is 6. The molecule has 1 amide bonds. The minimum Gasteiger partial charge on any atom is -0.378 e. The number of amides is 1. The quantitative estimate of drug-likeness (QED) is 0.768. The molecule has 23 heavy (non-hydrogen) atoms. The highest BCUT2D eigenvalue weighted by atomic mass is 35.5. The van der Waals surface area contributed by atoms with Crippen molar-refractivity contribution in [2.45, 2.75) is 57.5 Å². The molecule has 128 valence electrons. The van der Waals surface area contributed by atoms with Crippen molar-refractivity contribution in [1.82, 2.24) is 4.90 Å². The highest BCUT2D eigenvalue weighted by molar-refractivity contribution is 6.30. The van der Waals surface area contributed by atoms with Gasteiger partial charge in [0.25, 0.3) is 0 Å². The Morgan fingerprint density at radius 1 is 1.30 bits per heavy atom. The first-order valence-corrected chi connectivity index (χ1v) is 8.88. The predicted molar refractivity (Wildman–Crippen MR) is 94.9 cm³/mol. The molecule has 0 spiro atoms. The van der Waals surface area contributed by atoms with Crippen molar-refractivity contribution in [2.75, 3.05) is 20.2 Å². The summed E-state index contributed by atoms with van der Waals surface area (Å²) >= 11 is 5.95. The lowest BCUT2D eigenvalue weighted by Crippen LogP contribution is -2.35. The van der Waals surface area contributed by atoms with Gasteiger partial charge in [0.1, 0.15) is 0 Å². The summed E-state index contributed by atoms with van der Waals surface area (Å²) in [4.78, 5) is 14.4. The Bertz CT molecular complexity index is 507. The second-order valence-electron chi connectivity index (χ2n) is 7.16. The minimum absolute atomic E-state index is 0.181. The van der Waals surface area contributed by atoms with Gasteiger partial charge in [-0.25, -0.2) is 0 Å². The van der Waals surface area contributed by atoms with E-state index in [-0.39, 0.29) is 11.3 Å². The number of carbonyl (C=O) groups is 1. The van der Waals surface area contributed by atoms with Crippen LogP contribution in [0.5, 0.6) is 0 Å². The largest absolute Gasteiger partial charge is 0.378 e. The molecular weight excluding hydrogens is 310 g/mol. The van der Waals surface area contributed by atoms with Gasteiger partial charge in [0.2, 0.25) is 5.91 Å². The fourth-order valence-electron chi connectivity index (χ4n) is 3.01. The van der Waals surface area contributed by atoms with Crippen LogP contribution in [0.4, 0.5) is 0 Å². The van der Waals surface area contributed by atoms with Gasteiger partial charge < -0.3 is 9.64 Å². The second kappa shape index (κ2) is 8.16. The van der Waals surface area contributed by atoms with Gasteiger partial charge in [-0.1, -0.05) is 37.6 Å². The number of carbonyl (C=O) groups excluding carboxylic acids is 1. The molecule has 1 aliphatic rings. The molecule has 0 radical (unpaired) electrons. The monoisotopic (exact) mass is 337 g/mol. The number of ether oxygens (including phenoxy) is 1. The zero-order valence-electron chi connectivity index (χ0n) is 14.5. The lowest BCUT2D eigenvalue weighted by Gasteiger charge is -2.29. The van der Waals surface area contributed by atoms with E-state index in [1.165, 1.54) is 12.8 Å². The second-order valence-corrected chi connectivity index (χ2v) is 7.60. The van der Waals surface area contributed by atoms with Crippen LogP contribution < -0.4 is 0 Å². The lowest BCUT2D eigenvalue weighted by atomic mass is 9.81. The number of halogens is 1. The molecule has 1 fully saturated rings. The van der Waals surface area contributed by atoms with Gasteiger partial charge in [-0.05, 0) is 48.8 Å². The van der Waals surface area contributed by atoms with Crippen molar-refractivity contribution >= 4 is 17.5 Å². The van der Waals surface area contributed by atoms with E-state index in [9.17, 15) is 4.79 Å². The predicted octanol–water partition coefficient (Wildman–Crippen LogP) is 4.43. The molecule has 4 heteroatoms. The van der Waals surface area contributed by atoms with Crippen LogP contribution in [0, 0.1) is 0 Å². The van der Waals surface area contributed by atoms with E-state index >= 15 is 0 Å². The number of hydrogen-bond acceptors (Lipinski definition) is 2. The Labute approximate surface area is 145 Å². The Morgan fingerprint density at radius 2 is 2.00 bits per heavy atom. The smallest absolute Gasteiger partial charge is 0.223 e. The zero-order valence-corrected chi connectivity index (χ0v) is 15.2.